The van der Waals surface area contributed by atoms with Crippen molar-refractivity contribution in [2.75, 3.05) is 5.33 Å². The van der Waals surface area contributed by atoms with Crippen LogP contribution < -0.4 is 4.74 Å². The van der Waals surface area contributed by atoms with Gasteiger partial charge in [0.2, 0.25) is 0 Å². The predicted octanol–water partition coefficient (Wildman–Crippen LogP) is 4.98. The molecular formula is C17H19BrO. The second-order valence-electron chi connectivity index (χ2n) is 4.56. The predicted molar refractivity (Wildman–Crippen MR) is 83.9 cm³/mol. The van der Waals surface area contributed by atoms with Crippen LogP contribution in [0.4, 0.5) is 0 Å². The van der Waals surface area contributed by atoms with Crippen molar-refractivity contribution in [3.63, 3.8) is 0 Å². The summed E-state index contributed by atoms with van der Waals surface area (Å²) in [6, 6.07) is 18.7. The van der Waals surface area contributed by atoms with Gasteiger partial charge in [-0.1, -0.05) is 58.4 Å². The van der Waals surface area contributed by atoms with Crippen LogP contribution in [0.3, 0.4) is 0 Å². The summed E-state index contributed by atoms with van der Waals surface area (Å²) in [6.07, 6.45) is 3.60. The van der Waals surface area contributed by atoms with E-state index in [1.807, 2.05) is 18.2 Å². The number of halogens is 1. The van der Waals surface area contributed by atoms with Crippen LogP contribution in [-0.2, 0) is 13.0 Å². The molecule has 0 fully saturated rings. The van der Waals surface area contributed by atoms with E-state index in [1.54, 1.807) is 0 Å². The highest BCUT2D eigenvalue weighted by molar-refractivity contribution is 9.09. The molecule has 19 heavy (non-hydrogen) atoms. The highest BCUT2D eigenvalue weighted by atomic mass is 79.9. The van der Waals surface area contributed by atoms with E-state index in [1.165, 1.54) is 24.0 Å². The smallest absolute Gasteiger partial charge is 0.119 e. The molecule has 0 bridgehead atoms. The van der Waals surface area contributed by atoms with Gasteiger partial charge in [-0.25, -0.2) is 0 Å². The van der Waals surface area contributed by atoms with Crippen molar-refractivity contribution in [2.45, 2.75) is 25.9 Å². The lowest BCUT2D eigenvalue weighted by Crippen LogP contribution is -1.95. The van der Waals surface area contributed by atoms with E-state index >= 15 is 0 Å². The van der Waals surface area contributed by atoms with E-state index in [-0.39, 0.29) is 0 Å². The standard InChI is InChI=1S/C17H19BrO/c18-13-5-4-6-15-9-11-17(12-10-15)19-14-16-7-2-1-3-8-16/h1-3,7-12H,4-6,13-14H2. The molecule has 0 atom stereocenters. The van der Waals surface area contributed by atoms with Gasteiger partial charge in [-0.15, -0.1) is 0 Å². The third kappa shape index (κ3) is 5.07. The lowest BCUT2D eigenvalue weighted by atomic mass is 10.1. The molecule has 0 unspecified atom stereocenters. The minimum atomic E-state index is 0.629. The fraction of sp³-hybridized carbons (Fsp3) is 0.294. The second-order valence-corrected chi connectivity index (χ2v) is 5.36. The van der Waals surface area contributed by atoms with Crippen molar-refractivity contribution in [3.8, 4) is 5.75 Å². The number of alkyl halides is 1. The van der Waals surface area contributed by atoms with E-state index < -0.39 is 0 Å². The zero-order chi connectivity index (χ0) is 13.3. The van der Waals surface area contributed by atoms with Crippen LogP contribution >= 0.6 is 15.9 Å². The third-order valence-electron chi connectivity index (χ3n) is 3.02. The Bertz CT molecular complexity index is 464. The fourth-order valence-electron chi connectivity index (χ4n) is 1.92. The van der Waals surface area contributed by atoms with Crippen LogP contribution in [0, 0.1) is 0 Å². The molecule has 2 rings (SSSR count). The Hall–Kier alpha value is -1.28. The summed E-state index contributed by atoms with van der Waals surface area (Å²) in [4.78, 5) is 0. The first-order chi connectivity index (χ1) is 9.38. The Morgan fingerprint density at radius 2 is 1.53 bits per heavy atom. The number of hydrogen-bond acceptors (Lipinski definition) is 1. The Morgan fingerprint density at radius 3 is 2.21 bits per heavy atom. The molecule has 0 amide bonds. The van der Waals surface area contributed by atoms with Crippen molar-refractivity contribution >= 4 is 15.9 Å². The van der Waals surface area contributed by atoms with Gasteiger partial charge in [0.05, 0.1) is 0 Å². The second kappa shape index (κ2) is 8.00. The summed E-state index contributed by atoms with van der Waals surface area (Å²) >= 11 is 3.46. The monoisotopic (exact) mass is 318 g/mol. The van der Waals surface area contributed by atoms with Gasteiger partial charge in [0, 0.05) is 5.33 Å². The molecule has 1 nitrogen and oxygen atoms in total. The van der Waals surface area contributed by atoms with Crippen molar-refractivity contribution in [1.29, 1.82) is 0 Å². The van der Waals surface area contributed by atoms with Gasteiger partial charge in [0.25, 0.3) is 0 Å². The molecule has 2 heteroatoms. The molecule has 0 N–H and O–H groups in total. The molecule has 0 saturated heterocycles. The van der Waals surface area contributed by atoms with E-state index in [0.29, 0.717) is 6.61 Å². The number of hydrogen-bond donors (Lipinski definition) is 0. The summed E-state index contributed by atoms with van der Waals surface area (Å²) in [5.74, 6) is 0.938. The topological polar surface area (TPSA) is 9.23 Å². The van der Waals surface area contributed by atoms with Gasteiger partial charge in [0.15, 0.2) is 0 Å². The first kappa shape index (κ1) is 14.1. The third-order valence-corrected chi connectivity index (χ3v) is 3.58. The Kier molecular flexibility index (Phi) is 5.96. The molecule has 0 aromatic heterocycles. The zero-order valence-corrected chi connectivity index (χ0v) is 12.6. The summed E-state index contributed by atoms with van der Waals surface area (Å²) in [5, 5.41) is 1.09. The van der Waals surface area contributed by atoms with Crippen LogP contribution in [0.5, 0.6) is 5.75 Å². The van der Waals surface area contributed by atoms with E-state index in [4.69, 9.17) is 4.74 Å². The van der Waals surface area contributed by atoms with E-state index in [0.717, 1.165) is 17.5 Å². The first-order valence-electron chi connectivity index (χ1n) is 6.70. The van der Waals surface area contributed by atoms with Gasteiger partial charge < -0.3 is 4.74 Å². The Balaban J connectivity index is 1.81. The largest absolute Gasteiger partial charge is 0.489 e. The van der Waals surface area contributed by atoms with Gasteiger partial charge >= 0.3 is 0 Å². The van der Waals surface area contributed by atoms with Crippen LogP contribution in [0.2, 0.25) is 0 Å². The molecule has 0 aliphatic carbocycles. The first-order valence-corrected chi connectivity index (χ1v) is 7.82. The number of ether oxygens (including phenoxy) is 1. The van der Waals surface area contributed by atoms with E-state index in [9.17, 15) is 0 Å². The Labute approximate surface area is 123 Å². The highest BCUT2D eigenvalue weighted by Crippen LogP contribution is 2.15. The van der Waals surface area contributed by atoms with Crippen molar-refractivity contribution in [1.82, 2.24) is 0 Å². The molecule has 100 valence electrons. The maximum atomic E-state index is 5.77. The van der Waals surface area contributed by atoms with E-state index in [2.05, 4.69) is 52.3 Å². The SMILES string of the molecule is BrCCCCc1ccc(OCc2ccccc2)cc1. The minimum Gasteiger partial charge on any atom is -0.489 e. The number of aryl methyl sites for hydroxylation is 1. The molecule has 2 aromatic carbocycles. The van der Waals surface area contributed by atoms with Gasteiger partial charge in [-0.05, 0) is 42.5 Å². The summed E-state index contributed by atoms with van der Waals surface area (Å²) in [6.45, 7) is 0.629. The quantitative estimate of drug-likeness (QED) is 0.516. The van der Waals surface area contributed by atoms with Gasteiger partial charge in [-0.3, -0.25) is 0 Å². The van der Waals surface area contributed by atoms with Crippen molar-refractivity contribution in [2.24, 2.45) is 0 Å². The van der Waals surface area contributed by atoms with Gasteiger partial charge in [0.1, 0.15) is 12.4 Å². The van der Waals surface area contributed by atoms with Crippen LogP contribution in [0.15, 0.2) is 54.6 Å². The number of rotatable bonds is 7. The number of benzene rings is 2. The Morgan fingerprint density at radius 1 is 0.789 bits per heavy atom. The molecule has 0 spiro atoms. The molecule has 0 radical (unpaired) electrons. The average Bonchev–Trinajstić information content (AvgIpc) is 2.48. The van der Waals surface area contributed by atoms with Crippen LogP contribution in [0.25, 0.3) is 0 Å². The van der Waals surface area contributed by atoms with Gasteiger partial charge in [-0.2, -0.15) is 0 Å². The lowest BCUT2D eigenvalue weighted by Gasteiger charge is -2.07. The molecule has 0 saturated carbocycles. The van der Waals surface area contributed by atoms with Crippen molar-refractivity contribution < 1.29 is 4.74 Å². The highest BCUT2D eigenvalue weighted by Gasteiger charge is 1.97. The summed E-state index contributed by atoms with van der Waals surface area (Å²) < 4.78 is 5.77. The van der Waals surface area contributed by atoms with Crippen LogP contribution in [-0.4, -0.2) is 5.33 Å². The average molecular weight is 319 g/mol. The minimum absolute atomic E-state index is 0.629. The summed E-state index contributed by atoms with van der Waals surface area (Å²) in [7, 11) is 0. The molecule has 2 aromatic rings. The van der Waals surface area contributed by atoms with Crippen LogP contribution in [0.1, 0.15) is 24.0 Å². The van der Waals surface area contributed by atoms with Crippen molar-refractivity contribution in [3.05, 3.63) is 65.7 Å². The molecule has 0 aliphatic rings. The summed E-state index contributed by atoms with van der Waals surface area (Å²) in [5.41, 5.74) is 2.58. The maximum Gasteiger partial charge on any atom is 0.119 e. The maximum absolute atomic E-state index is 5.77. The molecule has 0 heterocycles. The number of unbranched alkanes of at least 4 members (excludes halogenated alkanes) is 1. The molecule has 0 aliphatic heterocycles. The fourth-order valence-corrected chi connectivity index (χ4v) is 2.31. The molecular weight excluding hydrogens is 300 g/mol. The lowest BCUT2D eigenvalue weighted by molar-refractivity contribution is 0.306. The zero-order valence-electron chi connectivity index (χ0n) is 11.0. The normalized spacial score (nSPS) is 10.4.